The molecular weight excluding hydrogens is 300 g/mol. The van der Waals surface area contributed by atoms with Gasteiger partial charge in [-0.1, -0.05) is 18.9 Å². The van der Waals surface area contributed by atoms with Gasteiger partial charge in [-0.05, 0) is 54.8 Å². The second-order valence-corrected chi connectivity index (χ2v) is 6.63. The first kappa shape index (κ1) is 15.1. The number of anilines is 2. The highest BCUT2D eigenvalue weighted by Crippen LogP contribution is 2.44. The standard InChI is InChI=1S/C20H22N2O2/c1-24-15-9-6-13(7-10-15)20(23)21-14-8-11-17-16-4-2-3-5-18(16)22-19(17)12-14/h6-12,16,18,22H,2-5H2,1H3,(H,21,23). The van der Waals surface area contributed by atoms with E-state index in [2.05, 4.69) is 22.8 Å². The number of hydrogen-bond donors (Lipinski definition) is 2. The first-order valence-electron chi connectivity index (χ1n) is 8.60. The molecule has 4 rings (SSSR count). The molecular formula is C20H22N2O2. The minimum atomic E-state index is -0.104. The Morgan fingerprint density at radius 2 is 1.92 bits per heavy atom. The molecule has 0 bridgehead atoms. The van der Waals surface area contributed by atoms with Crippen LogP contribution in [0.1, 0.15) is 47.5 Å². The lowest BCUT2D eigenvalue weighted by atomic mass is 9.83. The van der Waals surface area contributed by atoms with Gasteiger partial charge in [0.05, 0.1) is 7.11 Å². The zero-order chi connectivity index (χ0) is 16.5. The summed E-state index contributed by atoms with van der Waals surface area (Å²) < 4.78 is 5.12. The first-order chi connectivity index (χ1) is 11.7. The molecule has 2 atom stereocenters. The van der Waals surface area contributed by atoms with Gasteiger partial charge < -0.3 is 15.4 Å². The Balaban J connectivity index is 1.50. The largest absolute Gasteiger partial charge is 0.497 e. The van der Waals surface area contributed by atoms with Gasteiger partial charge in [0.15, 0.2) is 0 Å². The monoisotopic (exact) mass is 322 g/mol. The number of methoxy groups -OCH3 is 1. The van der Waals surface area contributed by atoms with Crippen LogP contribution in [0.25, 0.3) is 0 Å². The second-order valence-electron chi connectivity index (χ2n) is 6.63. The summed E-state index contributed by atoms with van der Waals surface area (Å²) in [6.45, 7) is 0. The highest BCUT2D eigenvalue weighted by Gasteiger charge is 2.33. The third-order valence-corrected chi connectivity index (χ3v) is 5.17. The summed E-state index contributed by atoms with van der Waals surface area (Å²) in [5.41, 5.74) is 4.04. The molecule has 124 valence electrons. The Morgan fingerprint density at radius 1 is 1.12 bits per heavy atom. The molecule has 1 amide bonds. The van der Waals surface area contributed by atoms with Crippen molar-refractivity contribution in [1.29, 1.82) is 0 Å². The molecule has 1 aliphatic carbocycles. The molecule has 2 aromatic carbocycles. The smallest absolute Gasteiger partial charge is 0.255 e. The molecule has 0 radical (unpaired) electrons. The van der Waals surface area contributed by atoms with Gasteiger partial charge in [-0.25, -0.2) is 0 Å². The molecule has 0 aromatic heterocycles. The lowest BCUT2D eigenvalue weighted by Gasteiger charge is -2.25. The Morgan fingerprint density at radius 3 is 2.71 bits per heavy atom. The fraction of sp³-hybridized carbons (Fsp3) is 0.350. The van der Waals surface area contributed by atoms with E-state index >= 15 is 0 Å². The maximum atomic E-state index is 12.4. The number of amides is 1. The summed E-state index contributed by atoms with van der Waals surface area (Å²) in [5.74, 6) is 1.28. The number of carbonyl (C=O) groups is 1. The lowest BCUT2D eigenvalue weighted by Crippen LogP contribution is -2.23. The quantitative estimate of drug-likeness (QED) is 0.880. The number of benzene rings is 2. The molecule has 2 aromatic rings. The van der Waals surface area contributed by atoms with Gasteiger partial charge in [-0.15, -0.1) is 0 Å². The van der Waals surface area contributed by atoms with Crippen LogP contribution < -0.4 is 15.4 Å². The van der Waals surface area contributed by atoms with Crippen LogP contribution >= 0.6 is 0 Å². The van der Waals surface area contributed by atoms with Gasteiger partial charge >= 0.3 is 0 Å². The van der Waals surface area contributed by atoms with Crippen molar-refractivity contribution in [2.75, 3.05) is 17.7 Å². The molecule has 24 heavy (non-hydrogen) atoms. The van der Waals surface area contributed by atoms with E-state index in [1.54, 1.807) is 31.4 Å². The molecule has 4 nitrogen and oxygen atoms in total. The van der Waals surface area contributed by atoms with E-state index in [4.69, 9.17) is 4.74 Å². The molecule has 1 saturated carbocycles. The zero-order valence-electron chi connectivity index (χ0n) is 13.8. The fourth-order valence-electron chi connectivity index (χ4n) is 3.90. The van der Waals surface area contributed by atoms with E-state index < -0.39 is 0 Å². The van der Waals surface area contributed by atoms with Crippen molar-refractivity contribution in [3.05, 3.63) is 53.6 Å². The maximum absolute atomic E-state index is 12.4. The van der Waals surface area contributed by atoms with Crippen molar-refractivity contribution >= 4 is 17.3 Å². The van der Waals surface area contributed by atoms with Crippen LogP contribution in [0.2, 0.25) is 0 Å². The highest BCUT2D eigenvalue weighted by atomic mass is 16.5. The van der Waals surface area contributed by atoms with Crippen molar-refractivity contribution in [1.82, 2.24) is 0 Å². The number of rotatable bonds is 3. The number of carbonyl (C=O) groups excluding carboxylic acids is 1. The molecule has 4 heteroatoms. The third-order valence-electron chi connectivity index (χ3n) is 5.17. The lowest BCUT2D eigenvalue weighted by molar-refractivity contribution is 0.102. The van der Waals surface area contributed by atoms with Crippen LogP contribution in [0.3, 0.4) is 0 Å². The van der Waals surface area contributed by atoms with Crippen LogP contribution in [-0.4, -0.2) is 19.1 Å². The predicted molar refractivity (Wildman–Crippen MR) is 96.0 cm³/mol. The van der Waals surface area contributed by atoms with Crippen molar-refractivity contribution in [3.8, 4) is 5.75 Å². The summed E-state index contributed by atoms with van der Waals surface area (Å²) in [5, 5.41) is 6.62. The SMILES string of the molecule is COc1ccc(C(=O)Nc2ccc3c(c2)NC2CCCCC32)cc1. The zero-order valence-corrected chi connectivity index (χ0v) is 13.8. The first-order valence-corrected chi connectivity index (χ1v) is 8.60. The Bertz CT molecular complexity index is 755. The number of nitrogens with one attached hydrogen (secondary N) is 2. The predicted octanol–water partition coefficient (Wildman–Crippen LogP) is 4.40. The van der Waals surface area contributed by atoms with E-state index in [0.29, 0.717) is 17.5 Å². The molecule has 1 aliphatic heterocycles. The van der Waals surface area contributed by atoms with Crippen LogP contribution in [-0.2, 0) is 0 Å². The van der Waals surface area contributed by atoms with Gasteiger partial charge in [0.1, 0.15) is 5.75 Å². The van der Waals surface area contributed by atoms with Crippen LogP contribution in [0.4, 0.5) is 11.4 Å². The number of hydrogen-bond acceptors (Lipinski definition) is 3. The fourth-order valence-corrected chi connectivity index (χ4v) is 3.90. The average Bonchev–Trinajstić information content (AvgIpc) is 2.99. The molecule has 1 fully saturated rings. The van der Waals surface area contributed by atoms with E-state index in [1.807, 2.05) is 6.07 Å². The third kappa shape index (κ3) is 2.73. The van der Waals surface area contributed by atoms with Crippen LogP contribution in [0, 0.1) is 0 Å². The highest BCUT2D eigenvalue weighted by molar-refractivity contribution is 6.04. The van der Waals surface area contributed by atoms with Gasteiger partial charge in [-0.2, -0.15) is 0 Å². The minimum Gasteiger partial charge on any atom is -0.497 e. The van der Waals surface area contributed by atoms with E-state index in [0.717, 1.165) is 11.4 Å². The summed E-state index contributed by atoms with van der Waals surface area (Å²) in [6, 6.07) is 14.0. The number of fused-ring (bicyclic) bond motifs is 3. The van der Waals surface area contributed by atoms with Gasteiger partial charge in [0, 0.05) is 28.9 Å². The van der Waals surface area contributed by atoms with Crippen LogP contribution in [0.15, 0.2) is 42.5 Å². The van der Waals surface area contributed by atoms with Crippen molar-refractivity contribution in [2.45, 2.75) is 37.6 Å². The van der Waals surface area contributed by atoms with E-state index in [9.17, 15) is 4.79 Å². The minimum absolute atomic E-state index is 0.104. The topological polar surface area (TPSA) is 50.4 Å². The molecule has 1 heterocycles. The summed E-state index contributed by atoms with van der Waals surface area (Å²) in [7, 11) is 1.62. The van der Waals surface area contributed by atoms with Gasteiger partial charge in [0.25, 0.3) is 5.91 Å². The van der Waals surface area contributed by atoms with Crippen molar-refractivity contribution in [2.24, 2.45) is 0 Å². The Kier molecular flexibility index (Phi) is 3.89. The van der Waals surface area contributed by atoms with Crippen molar-refractivity contribution < 1.29 is 9.53 Å². The summed E-state index contributed by atoms with van der Waals surface area (Å²) in [6.07, 6.45) is 5.14. The van der Waals surface area contributed by atoms with Crippen LogP contribution in [0.5, 0.6) is 5.75 Å². The molecule has 0 saturated heterocycles. The van der Waals surface area contributed by atoms with E-state index in [-0.39, 0.29) is 5.91 Å². The molecule has 2 unspecified atom stereocenters. The second kappa shape index (κ2) is 6.19. The average molecular weight is 322 g/mol. The summed E-state index contributed by atoms with van der Waals surface area (Å²) in [4.78, 5) is 12.4. The molecule has 2 N–H and O–H groups in total. The Labute approximate surface area is 142 Å². The maximum Gasteiger partial charge on any atom is 0.255 e. The van der Waals surface area contributed by atoms with Gasteiger partial charge in [-0.3, -0.25) is 4.79 Å². The molecule has 0 spiro atoms. The molecule has 2 aliphatic rings. The summed E-state index contributed by atoms with van der Waals surface area (Å²) >= 11 is 0. The van der Waals surface area contributed by atoms with Gasteiger partial charge in [0.2, 0.25) is 0 Å². The van der Waals surface area contributed by atoms with E-state index in [1.165, 1.54) is 36.9 Å². The van der Waals surface area contributed by atoms with Crippen molar-refractivity contribution in [3.63, 3.8) is 0 Å². The Hall–Kier alpha value is -2.49. The number of ether oxygens (including phenoxy) is 1. The normalized spacial score (nSPS) is 21.4.